The lowest BCUT2D eigenvalue weighted by molar-refractivity contribution is -0.890. The van der Waals surface area contributed by atoms with Gasteiger partial charge in [-0.15, -0.1) is 0 Å². The lowest BCUT2D eigenvalue weighted by Gasteiger charge is -2.30. The van der Waals surface area contributed by atoms with Crippen LogP contribution in [0.15, 0.2) is 0 Å². The molecule has 0 rings (SSSR count). The van der Waals surface area contributed by atoms with Crippen molar-refractivity contribution in [1.82, 2.24) is 0 Å². The van der Waals surface area contributed by atoms with Gasteiger partial charge in [-0.1, -0.05) is 193 Å². The largest absolute Gasteiger partial charge is 0.396 e. The molecular weight excluding hydrogens is 510 g/mol. The molecule has 0 heterocycles. The van der Waals surface area contributed by atoms with Gasteiger partial charge in [-0.25, -0.2) is 0 Å². The molecule has 0 saturated heterocycles. The zero-order chi connectivity index (χ0) is 30.7. The maximum absolute atomic E-state index is 8.81. The van der Waals surface area contributed by atoms with Crippen LogP contribution in [0.3, 0.4) is 0 Å². The fraction of sp³-hybridized carbons (Fsp3) is 1.00. The molecule has 0 atom stereocenters. The quantitative estimate of drug-likeness (QED) is 0.0560. The zero-order valence-corrected chi connectivity index (χ0v) is 30.1. The van der Waals surface area contributed by atoms with Crippen LogP contribution in [0.2, 0.25) is 0 Å². The van der Waals surface area contributed by atoms with E-state index in [2.05, 4.69) is 21.0 Å². The highest BCUT2D eigenvalue weighted by atomic mass is 16.2. The van der Waals surface area contributed by atoms with E-state index < -0.39 is 0 Å². The minimum Gasteiger partial charge on any atom is -0.396 e. The Morgan fingerprint density at radius 2 is 0.476 bits per heavy atom. The topological polar surface area (TPSA) is 20.2 Å². The second-order valence-electron chi connectivity index (χ2n) is 14.8. The summed E-state index contributed by atoms with van der Waals surface area (Å²) in [5, 5.41) is 8.81. The van der Waals surface area contributed by atoms with Crippen molar-refractivity contribution in [3.63, 3.8) is 0 Å². The van der Waals surface area contributed by atoms with Crippen LogP contribution in [0, 0.1) is 0 Å². The minimum absolute atomic E-state index is 0.372. The molecule has 2 nitrogen and oxygen atoms in total. The lowest BCUT2D eigenvalue weighted by Crippen LogP contribution is -2.41. The second kappa shape index (κ2) is 35.4. The van der Waals surface area contributed by atoms with Crippen molar-refractivity contribution < 1.29 is 9.59 Å². The summed E-state index contributed by atoms with van der Waals surface area (Å²) in [6.45, 7) is 5.43. The first-order chi connectivity index (χ1) is 20.6. The Hall–Kier alpha value is -0.0800. The third-order valence-corrected chi connectivity index (χ3v) is 9.79. The molecule has 0 aliphatic rings. The molecule has 42 heavy (non-hydrogen) atoms. The molecule has 1 N–H and O–H groups in total. The second-order valence-corrected chi connectivity index (χ2v) is 14.8. The molecule has 2 heteroatoms. The van der Waals surface area contributed by atoms with Gasteiger partial charge in [0.25, 0.3) is 0 Å². The van der Waals surface area contributed by atoms with Crippen molar-refractivity contribution in [2.45, 2.75) is 225 Å². The molecule has 0 radical (unpaired) electrons. The first-order valence-corrected chi connectivity index (χ1v) is 20.1. The number of hydrogen-bond donors (Lipinski definition) is 1. The van der Waals surface area contributed by atoms with Crippen LogP contribution in [-0.2, 0) is 0 Å². The van der Waals surface area contributed by atoms with Gasteiger partial charge in [0.15, 0.2) is 0 Å². The fourth-order valence-electron chi connectivity index (χ4n) is 6.68. The maximum atomic E-state index is 8.81. The molecule has 0 spiro atoms. The summed E-state index contributed by atoms with van der Waals surface area (Å²) in [6, 6.07) is 0. The predicted octanol–water partition coefficient (Wildman–Crippen LogP) is 13.3. The smallest absolute Gasteiger partial charge is 0.0782 e. The van der Waals surface area contributed by atoms with E-state index in [0.29, 0.717) is 6.61 Å². The molecule has 0 bridgehead atoms. The molecule has 0 unspecified atom stereocenters. The van der Waals surface area contributed by atoms with Crippen molar-refractivity contribution in [2.24, 2.45) is 0 Å². The molecule has 254 valence electrons. The van der Waals surface area contributed by atoms with Crippen molar-refractivity contribution in [1.29, 1.82) is 0 Å². The Labute approximate surface area is 268 Å². The SMILES string of the molecule is CCCCCCCCCCCCCCCCCCCCCC[N+](C)(C)CCCCCCCCCCCCCCCCO. The number of unbranched alkanes of at least 4 members (excludes halogenated alkanes) is 32. The van der Waals surface area contributed by atoms with Gasteiger partial charge in [0.05, 0.1) is 27.2 Å². The summed E-state index contributed by atoms with van der Waals surface area (Å²) >= 11 is 0. The average Bonchev–Trinajstić information content (AvgIpc) is 2.98. The Balaban J connectivity index is 3.25. The summed E-state index contributed by atoms with van der Waals surface area (Å²) < 4.78 is 1.24. The van der Waals surface area contributed by atoms with Gasteiger partial charge in [-0.3, -0.25) is 0 Å². The highest BCUT2D eigenvalue weighted by Crippen LogP contribution is 2.16. The molecule has 0 aromatic rings. The molecule has 0 amide bonds. The van der Waals surface area contributed by atoms with Gasteiger partial charge >= 0.3 is 0 Å². The van der Waals surface area contributed by atoms with E-state index in [4.69, 9.17) is 5.11 Å². The normalized spacial score (nSPS) is 12.0. The Bertz CT molecular complexity index is 476. The first kappa shape index (κ1) is 41.9. The molecule has 0 aromatic carbocycles. The standard InChI is InChI=1S/C40H84NO/c1-4-5-6-7-8-9-10-11-12-13-14-15-16-17-20-23-26-29-32-35-38-41(2,3)39-36-33-30-27-24-21-18-19-22-25-28-31-34-37-40-42/h42H,4-40H2,1-3H3/q+1. The van der Waals surface area contributed by atoms with Crippen molar-refractivity contribution >= 4 is 0 Å². The number of quaternary nitrogens is 1. The van der Waals surface area contributed by atoms with E-state index in [0.717, 1.165) is 6.42 Å². The minimum atomic E-state index is 0.372. The summed E-state index contributed by atoms with van der Waals surface area (Å²) in [7, 11) is 4.92. The monoisotopic (exact) mass is 595 g/mol. The third-order valence-electron chi connectivity index (χ3n) is 9.79. The van der Waals surface area contributed by atoms with Crippen molar-refractivity contribution in [3.05, 3.63) is 0 Å². The van der Waals surface area contributed by atoms with Gasteiger partial charge in [0.1, 0.15) is 0 Å². The van der Waals surface area contributed by atoms with Gasteiger partial charge in [-0.2, -0.15) is 0 Å². The summed E-state index contributed by atoms with van der Waals surface area (Å²) in [6.07, 6.45) is 48.6. The highest BCUT2D eigenvalue weighted by molar-refractivity contribution is 4.52. The molecular formula is C40H84NO+. The number of aliphatic hydroxyl groups is 1. The van der Waals surface area contributed by atoms with Gasteiger partial charge in [0.2, 0.25) is 0 Å². The lowest BCUT2D eigenvalue weighted by atomic mass is 10.0. The Kier molecular flexibility index (Phi) is 35.3. The maximum Gasteiger partial charge on any atom is 0.0782 e. The Morgan fingerprint density at radius 3 is 0.690 bits per heavy atom. The number of hydrogen-bond acceptors (Lipinski definition) is 1. The van der Waals surface area contributed by atoms with E-state index >= 15 is 0 Å². The molecule has 0 aliphatic carbocycles. The van der Waals surface area contributed by atoms with Gasteiger partial charge < -0.3 is 9.59 Å². The zero-order valence-electron chi connectivity index (χ0n) is 30.1. The Morgan fingerprint density at radius 1 is 0.286 bits per heavy atom. The van der Waals surface area contributed by atoms with Crippen LogP contribution in [0.25, 0.3) is 0 Å². The van der Waals surface area contributed by atoms with E-state index in [9.17, 15) is 0 Å². The number of nitrogens with zero attached hydrogens (tertiary/aromatic N) is 1. The van der Waals surface area contributed by atoms with Crippen molar-refractivity contribution in [3.8, 4) is 0 Å². The van der Waals surface area contributed by atoms with Gasteiger partial charge in [0, 0.05) is 6.61 Å². The van der Waals surface area contributed by atoms with Crippen LogP contribution in [0.5, 0.6) is 0 Å². The number of aliphatic hydroxyl groups excluding tert-OH is 1. The summed E-state index contributed by atoms with van der Waals surface area (Å²) in [5.74, 6) is 0. The molecule has 0 aromatic heterocycles. The van der Waals surface area contributed by atoms with E-state index in [1.54, 1.807) is 0 Å². The van der Waals surface area contributed by atoms with Crippen LogP contribution in [0.1, 0.15) is 225 Å². The highest BCUT2D eigenvalue weighted by Gasteiger charge is 2.13. The van der Waals surface area contributed by atoms with Crippen LogP contribution >= 0.6 is 0 Å². The molecule has 0 saturated carbocycles. The predicted molar refractivity (Wildman–Crippen MR) is 192 cm³/mol. The van der Waals surface area contributed by atoms with Crippen LogP contribution in [-0.4, -0.2) is 43.4 Å². The van der Waals surface area contributed by atoms with E-state index in [1.165, 1.54) is 229 Å². The number of rotatable bonds is 37. The van der Waals surface area contributed by atoms with Gasteiger partial charge in [-0.05, 0) is 32.1 Å². The van der Waals surface area contributed by atoms with Crippen LogP contribution < -0.4 is 0 Å². The van der Waals surface area contributed by atoms with E-state index in [-0.39, 0.29) is 0 Å². The molecule has 0 fully saturated rings. The first-order valence-electron chi connectivity index (χ1n) is 20.1. The fourth-order valence-corrected chi connectivity index (χ4v) is 6.68. The van der Waals surface area contributed by atoms with Crippen molar-refractivity contribution in [2.75, 3.05) is 33.8 Å². The summed E-state index contributed by atoms with van der Waals surface area (Å²) in [5.41, 5.74) is 0. The van der Waals surface area contributed by atoms with Crippen LogP contribution in [0.4, 0.5) is 0 Å². The third kappa shape index (κ3) is 36.1. The molecule has 0 aliphatic heterocycles. The summed E-state index contributed by atoms with van der Waals surface area (Å²) in [4.78, 5) is 0. The van der Waals surface area contributed by atoms with E-state index in [1.807, 2.05) is 0 Å². The average molecular weight is 595 g/mol.